The van der Waals surface area contributed by atoms with Gasteiger partial charge in [0.25, 0.3) is 0 Å². The number of amides is 1. The highest BCUT2D eigenvalue weighted by Gasteiger charge is 2.41. The molecule has 0 aliphatic carbocycles. The van der Waals surface area contributed by atoms with Crippen molar-refractivity contribution in [3.05, 3.63) is 35.4 Å². The summed E-state index contributed by atoms with van der Waals surface area (Å²) in [4.78, 5) is 11.8. The molecule has 0 radical (unpaired) electrons. The Bertz CT molecular complexity index is 613. The Morgan fingerprint density at radius 2 is 2.00 bits per heavy atom. The van der Waals surface area contributed by atoms with Gasteiger partial charge in [0.1, 0.15) is 6.04 Å². The fourth-order valence-electron chi connectivity index (χ4n) is 2.53. The number of aryl methyl sites for hydroxylation is 1. The van der Waals surface area contributed by atoms with Gasteiger partial charge in [-0.2, -0.15) is 4.31 Å². The summed E-state index contributed by atoms with van der Waals surface area (Å²) in [5.41, 5.74) is 7.61. The van der Waals surface area contributed by atoms with E-state index in [0.717, 1.165) is 5.56 Å². The van der Waals surface area contributed by atoms with Gasteiger partial charge in [0, 0.05) is 19.6 Å². The van der Waals surface area contributed by atoms with Crippen molar-refractivity contribution in [1.82, 2.24) is 9.62 Å². The van der Waals surface area contributed by atoms with Crippen LogP contribution in [0.1, 0.15) is 17.5 Å². The van der Waals surface area contributed by atoms with E-state index in [1.165, 1.54) is 11.4 Å². The van der Waals surface area contributed by atoms with Crippen molar-refractivity contribution in [1.29, 1.82) is 0 Å². The van der Waals surface area contributed by atoms with Gasteiger partial charge in [0.2, 0.25) is 15.9 Å². The van der Waals surface area contributed by atoms with E-state index in [0.29, 0.717) is 12.0 Å². The van der Waals surface area contributed by atoms with Crippen LogP contribution >= 0.6 is 0 Å². The molecule has 2 atom stereocenters. The van der Waals surface area contributed by atoms with Crippen molar-refractivity contribution in [3.63, 3.8) is 0 Å². The summed E-state index contributed by atoms with van der Waals surface area (Å²) in [6.45, 7) is 2.13. The molecule has 1 aromatic rings. The number of hydrogen-bond acceptors (Lipinski definition) is 4. The molecule has 1 saturated heterocycles. The minimum atomic E-state index is -3.57. The molecule has 3 N–H and O–H groups in total. The third-order valence-electron chi connectivity index (χ3n) is 3.66. The van der Waals surface area contributed by atoms with Crippen LogP contribution in [0.4, 0.5) is 0 Å². The number of carbonyl (C=O) groups excluding carboxylic acids is 1. The molecule has 2 rings (SSSR count). The minimum absolute atomic E-state index is 0.118. The van der Waals surface area contributed by atoms with Crippen LogP contribution in [0.5, 0.6) is 0 Å². The zero-order chi connectivity index (χ0) is 15.6. The first-order valence-electron chi connectivity index (χ1n) is 6.85. The van der Waals surface area contributed by atoms with Crippen LogP contribution < -0.4 is 11.1 Å². The summed E-state index contributed by atoms with van der Waals surface area (Å²) < 4.78 is 26.3. The Labute approximate surface area is 125 Å². The van der Waals surface area contributed by atoms with E-state index < -0.39 is 16.1 Å². The molecule has 0 aromatic heterocycles. The molecular formula is C14H21N3O3S. The van der Waals surface area contributed by atoms with Crippen LogP contribution in [-0.4, -0.2) is 44.3 Å². The third-order valence-corrected chi connectivity index (χ3v) is 5.48. The lowest BCUT2D eigenvalue weighted by atomic mass is 10.2. The SMILES string of the molecule is CNC(=O)[C@@H]1C[C@@H](N)CN1S(=O)(=O)Cc1ccc(C)cc1. The van der Waals surface area contributed by atoms with Gasteiger partial charge in [-0.05, 0) is 18.9 Å². The lowest BCUT2D eigenvalue weighted by Crippen LogP contribution is -2.45. The molecule has 0 bridgehead atoms. The maximum absolute atomic E-state index is 12.6. The lowest BCUT2D eigenvalue weighted by molar-refractivity contribution is -0.123. The summed E-state index contributed by atoms with van der Waals surface area (Å²) in [7, 11) is -2.07. The van der Waals surface area contributed by atoms with E-state index in [9.17, 15) is 13.2 Å². The maximum Gasteiger partial charge on any atom is 0.238 e. The molecule has 1 aliphatic heterocycles. The van der Waals surface area contributed by atoms with Crippen molar-refractivity contribution in [2.45, 2.75) is 31.2 Å². The standard InChI is InChI=1S/C14H21N3O3S/c1-10-3-5-11(6-4-10)9-21(19,20)17-8-12(15)7-13(17)14(18)16-2/h3-6,12-13H,7-9,15H2,1-2H3,(H,16,18)/t12-,13+/m1/s1. The lowest BCUT2D eigenvalue weighted by Gasteiger charge is -2.22. The topological polar surface area (TPSA) is 92.5 Å². The highest BCUT2D eigenvalue weighted by molar-refractivity contribution is 7.88. The molecule has 7 heteroatoms. The summed E-state index contributed by atoms with van der Waals surface area (Å²) in [5, 5.41) is 2.50. The Kier molecular flexibility index (Phi) is 4.65. The first-order valence-corrected chi connectivity index (χ1v) is 8.46. The van der Waals surface area contributed by atoms with Gasteiger partial charge in [-0.25, -0.2) is 8.42 Å². The van der Waals surface area contributed by atoms with Gasteiger partial charge in [-0.1, -0.05) is 29.8 Å². The number of nitrogens with zero attached hydrogens (tertiary/aromatic N) is 1. The van der Waals surface area contributed by atoms with E-state index >= 15 is 0 Å². The largest absolute Gasteiger partial charge is 0.358 e. The third kappa shape index (κ3) is 3.61. The second kappa shape index (κ2) is 6.13. The number of hydrogen-bond donors (Lipinski definition) is 2. The molecule has 1 fully saturated rings. The fraction of sp³-hybridized carbons (Fsp3) is 0.500. The van der Waals surface area contributed by atoms with Crippen LogP contribution in [0.2, 0.25) is 0 Å². The molecule has 0 unspecified atom stereocenters. The molecule has 21 heavy (non-hydrogen) atoms. The molecule has 1 heterocycles. The number of likely N-dealkylation sites (N-methyl/N-ethyl adjacent to an activating group) is 1. The number of rotatable bonds is 4. The van der Waals surface area contributed by atoms with Gasteiger partial charge in [0.15, 0.2) is 0 Å². The van der Waals surface area contributed by atoms with Gasteiger partial charge in [-0.15, -0.1) is 0 Å². The van der Waals surface area contributed by atoms with Gasteiger partial charge in [-0.3, -0.25) is 4.79 Å². The molecule has 116 valence electrons. The monoisotopic (exact) mass is 311 g/mol. The van der Waals surface area contributed by atoms with Crippen molar-refractivity contribution in [2.24, 2.45) is 5.73 Å². The highest BCUT2D eigenvalue weighted by atomic mass is 32.2. The molecule has 1 aromatic carbocycles. The predicted octanol–water partition coefficient (Wildman–Crippen LogP) is -0.0276. The summed E-state index contributed by atoms with van der Waals surface area (Å²) >= 11 is 0. The normalized spacial score (nSPS) is 23.2. The first kappa shape index (κ1) is 15.9. The van der Waals surface area contributed by atoms with Crippen molar-refractivity contribution in [3.8, 4) is 0 Å². The highest BCUT2D eigenvalue weighted by Crippen LogP contribution is 2.23. The Hall–Kier alpha value is -1.44. The molecule has 1 amide bonds. The van der Waals surface area contributed by atoms with Gasteiger partial charge < -0.3 is 11.1 Å². The van der Waals surface area contributed by atoms with Gasteiger partial charge in [0.05, 0.1) is 5.75 Å². The second-order valence-electron chi connectivity index (χ2n) is 5.44. The summed E-state index contributed by atoms with van der Waals surface area (Å²) in [6, 6.07) is 6.31. The smallest absolute Gasteiger partial charge is 0.238 e. The number of sulfonamides is 1. The molecule has 0 spiro atoms. The second-order valence-corrected chi connectivity index (χ2v) is 7.36. The molecule has 0 saturated carbocycles. The number of carbonyl (C=O) groups is 1. The van der Waals surface area contributed by atoms with Crippen LogP contribution in [0.25, 0.3) is 0 Å². The summed E-state index contributed by atoms with van der Waals surface area (Å²) in [5.74, 6) is -0.427. The quantitative estimate of drug-likeness (QED) is 0.817. The van der Waals surface area contributed by atoms with Crippen LogP contribution in [0.15, 0.2) is 24.3 Å². The zero-order valence-electron chi connectivity index (χ0n) is 12.2. The summed E-state index contributed by atoms with van der Waals surface area (Å²) in [6.07, 6.45) is 0.354. The Balaban J connectivity index is 2.21. The number of benzene rings is 1. The van der Waals surface area contributed by atoms with Gasteiger partial charge >= 0.3 is 0 Å². The van der Waals surface area contributed by atoms with E-state index in [1.807, 2.05) is 19.1 Å². The number of nitrogens with two attached hydrogens (primary N) is 1. The van der Waals surface area contributed by atoms with Crippen LogP contribution in [0.3, 0.4) is 0 Å². The van der Waals surface area contributed by atoms with E-state index in [1.54, 1.807) is 12.1 Å². The van der Waals surface area contributed by atoms with E-state index in [2.05, 4.69) is 5.32 Å². The molecular weight excluding hydrogens is 290 g/mol. The van der Waals surface area contributed by atoms with E-state index in [4.69, 9.17) is 5.73 Å². The Morgan fingerprint density at radius 1 is 1.38 bits per heavy atom. The van der Waals surface area contributed by atoms with Crippen LogP contribution in [0, 0.1) is 6.92 Å². The van der Waals surface area contributed by atoms with Crippen LogP contribution in [-0.2, 0) is 20.6 Å². The Morgan fingerprint density at radius 3 is 2.57 bits per heavy atom. The molecule has 6 nitrogen and oxygen atoms in total. The van der Waals surface area contributed by atoms with Crippen molar-refractivity contribution in [2.75, 3.05) is 13.6 Å². The fourth-order valence-corrected chi connectivity index (χ4v) is 4.29. The van der Waals surface area contributed by atoms with Crippen molar-refractivity contribution >= 4 is 15.9 Å². The molecule has 1 aliphatic rings. The average Bonchev–Trinajstić information content (AvgIpc) is 2.83. The number of nitrogens with one attached hydrogen (secondary N) is 1. The maximum atomic E-state index is 12.6. The minimum Gasteiger partial charge on any atom is -0.358 e. The first-order chi connectivity index (χ1) is 9.83. The predicted molar refractivity (Wildman–Crippen MR) is 81.0 cm³/mol. The zero-order valence-corrected chi connectivity index (χ0v) is 13.1. The van der Waals surface area contributed by atoms with Crippen molar-refractivity contribution < 1.29 is 13.2 Å². The van der Waals surface area contributed by atoms with E-state index in [-0.39, 0.29) is 24.2 Å². The average molecular weight is 311 g/mol.